The van der Waals surface area contributed by atoms with Gasteiger partial charge in [0.1, 0.15) is 0 Å². The lowest BCUT2D eigenvalue weighted by Crippen LogP contribution is -2.52. The van der Waals surface area contributed by atoms with Crippen LogP contribution in [0.5, 0.6) is 0 Å². The summed E-state index contributed by atoms with van der Waals surface area (Å²) in [6.45, 7) is 4.05. The fourth-order valence-corrected chi connectivity index (χ4v) is 5.48. The fourth-order valence-electron chi connectivity index (χ4n) is 4.77. The largest absolute Gasteiger partial charge is 0.481 e. The van der Waals surface area contributed by atoms with Crippen molar-refractivity contribution in [2.75, 3.05) is 0 Å². The maximum atomic E-state index is 11.9. The highest BCUT2D eigenvalue weighted by molar-refractivity contribution is 6.48. The van der Waals surface area contributed by atoms with Crippen molar-refractivity contribution in [2.45, 2.75) is 51.4 Å². The second-order valence-electron chi connectivity index (χ2n) is 7.10. The standard InChI is InChI=1S/C17H19Cl3O2/c1-16-6-3-7-17(2,15(21)22)12(16)5-4-9-10(16)8-11(18)14(20)13(9)19/h8,12H,3-7H2,1-2H3,(H,21,22)/t12?,16-,17-/m1/s1. The maximum Gasteiger partial charge on any atom is 0.309 e. The zero-order chi connectivity index (χ0) is 16.3. The number of fused-ring (bicyclic) bond motifs is 3. The van der Waals surface area contributed by atoms with Crippen LogP contribution in [0.2, 0.25) is 15.1 Å². The van der Waals surface area contributed by atoms with E-state index in [4.69, 9.17) is 34.8 Å². The van der Waals surface area contributed by atoms with Crippen molar-refractivity contribution in [3.8, 4) is 0 Å². The molecule has 2 aliphatic rings. The molecule has 0 aliphatic heterocycles. The maximum absolute atomic E-state index is 11.9. The Morgan fingerprint density at radius 3 is 2.55 bits per heavy atom. The Hall–Kier alpha value is -0.440. The third-order valence-electron chi connectivity index (χ3n) is 5.98. The minimum absolute atomic E-state index is 0.0899. The summed E-state index contributed by atoms with van der Waals surface area (Å²) in [5, 5.41) is 11.2. The Morgan fingerprint density at radius 2 is 1.91 bits per heavy atom. The van der Waals surface area contributed by atoms with Gasteiger partial charge in [0.15, 0.2) is 0 Å². The van der Waals surface area contributed by atoms with Crippen LogP contribution in [-0.4, -0.2) is 11.1 Å². The molecule has 1 aromatic carbocycles. The molecule has 0 amide bonds. The molecule has 0 heterocycles. The first kappa shape index (κ1) is 16.4. The molecule has 1 unspecified atom stereocenters. The summed E-state index contributed by atoms with van der Waals surface area (Å²) in [5.41, 5.74) is 1.24. The molecule has 5 heteroatoms. The Kier molecular flexibility index (Phi) is 3.95. The number of carbonyl (C=O) groups is 1. The smallest absolute Gasteiger partial charge is 0.309 e. The van der Waals surface area contributed by atoms with Crippen LogP contribution in [-0.2, 0) is 16.6 Å². The number of benzene rings is 1. The van der Waals surface area contributed by atoms with Gasteiger partial charge in [-0.15, -0.1) is 0 Å². The number of carboxylic acids is 1. The van der Waals surface area contributed by atoms with E-state index in [1.165, 1.54) is 0 Å². The first-order valence-electron chi connectivity index (χ1n) is 7.62. The van der Waals surface area contributed by atoms with Crippen LogP contribution in [0.25, 0.3) is 0 Å². The summed E-state index contributed by atoms with van der Waals surface area (Å²) in [6, 6.07) is 1.91. The van der Waals surface area contributed by atoms with Crippen molar-refractivity contribution in [1.29, 1.82) is 0 Å². The van der Waals surface area contributed by atoms with Gasteiger partial charge in [0.2, 0.25) is 0 Å². The van der Waals surface area contributed by atoms with Crippen LogP contribution >= 0.6 is 34.8 Å². The lowest BCUT2D eigenvalue weighted by atomic mass is 9.50. The van der Waals surface area contributed by atoms with E-state index in [0.29, 0.717) is 15.1 Å². The first-order valence-corrected chi connectivity index (χ1v) is 8.75. The normalized spacial score (nSPS) is 34.0. The third-order valence-corrected chi connectivity index (χ3v) is 7.28. The van der Waals surface area contributed by atoms with Crippen molar-refractivity contribution in [1.82, 2.24) is 0 Å². The molecule has 1 aromatic rings. The Balaban J connectivity index is 2.20. The monoisotopic (exact) mass is 360 g/mol. The topological polar surface area (TPSA) is 37.3 Å². The van der Waals surface area contributed by atoms with Crippen LogP contribution in [0.1, 0.15) is 50.7 Å². The second kappa shape index (κ2) is 5.29. The van der Waals surface area contributed by atoms with E-state index >= 15 is 0 Å². The molecular weight excluding hydrogens is 343 g/mol. The predicted octanol–water partition coefficient (Wildman–Crippen LogP) is 5.74. The van der Waals surface area contributed by atoms with Crippen molar-refractivity contribution in [3.63, 3.8) is 0 Å². The van der Waals surface area contributed by atoms with Crippen molar-refractivity contribution >= 4 is 40.8 Å². The molecule has 22 heavy (non-hydrogen) atoms. The van der Waals surface area contributed by atoms with Crippen LogP contribution in [0.3, 0.4) is 0 Å². The molecular formula is C17H19Cl3O2. The van der Waals surface area contributed by atoms with Gasteiger partial charge in [-0.2, -0.15) is 0 Å². The highest BCUT2D eigenvalue weighted by atomic mass is 35.5. The van der Waals surface area contributed by atoms with E-state index in [0.717, 1.165) is 43.2 Å². The van der Waals surface area contributed by atoms with Crippen LogP contribution < -0.4 is 0 Å². The predicted molar refractivity (Wildman–Crippen MR) is 90.2 cm³/mol. The lowest BCUT2D eigenvalue weighted by Gasteiger charge is -2.53. The Bertz CT molecular complexity index is 658. The highest BCUT2D eigenvalue weighted by Gasteiger charge is 2.55. The minimum Gasteiger partial charge on any atom is -0.481 e. The molecule has 0 aromatic heterocycles. The number of aliphatic carboxylic acids is 1. The van der Waals surface area contributed by atoms with E-state index < -0.39 is 11.4 Å². The molecule has 1 N–H and O–H groups in total. The molecule has 120 valence electrons. The van der Waals surface area contributed by atoms with E-state index in [2.05, 4.69) is 6.92 Å². The first-order chi connectivity index (χ1) is 10.2. The van der Waals surface area contributed by atoms with E-state index in [-0.39, 0.29) is 11.3 Å². The number of hydrogen-bond acceptors (Lipinski definition) is 1. The average molecular weight is 362 g/mol. The molecule has 1 saturated carbocycles. The van der Waals surface area contributed by atoms with Crippen molar-refractivity contribution in [3.05, 3.63) is 32.3 Å². The van der Waals surface area contributed by atoms with Gasteiger partial charge in [0.25, 0.3) is 0 Å². The average Bonchev–Trinajstić information content (AvgIpc) is 2.45. The molecule has 3 atom stereocenters. The van der Waals surface area contributed by atoms with E-state index in [1.54, 1.807) is 0 Å². The van der Waals surface area contributed by atoms with Gasteiger partial charge in [-0.05, 0) is 61.1 Å². The van der Waals surface area contributed by atoms with Crippen LogP contribution in [0, 0.1) is 11.3 Å². The lowest BCUT2D eigenvalue weighted by molar-refractivity contribution is -0.157. The van der Waals surface area contributed by atoms with Gasteiger partial charge in [-0.25, -0.2) is 0 Å². The van der Waals surface area contributed by atoms with Crippen LogP contribution in [0.15, 0.2) is 6.07 Å². The van der Waals surface area contributed by atoms with Gasteiger partial charge in [-0.3, -0.25) is 4.79 Å². The van der Waals surface area contributed by atoms with E-state index in [1.807, 2.05) is 13.0 Å². The second-order valence-corrected chi connectivity index (χ2v) is 8.26. The van der Waals surface area contributed by atoms with Crippen molar-refractivity contribution in [2.24, 2.45) is 11.3 Å². The fraction of sp³-hybridized carbons (Fsp3) is 0.588. The number of halogens is 3. The van der Waals surface area contributed by atoms with Gasteiger partial charge < -0.3 is 5.11 Å². The molecule has 2 aliphatic carbocycles. The summed E-state index contributed by atoms with van der Waals surface area (Å²) >= 11 is 18.8. The zero-order valence-electron chi connectivity index (χ0n) is 12.7. The molecule has 0 bridgehead atoms. The highest BCUT2D eigenvalue weighted by Crippen LogP contribution is 2.59. The molecule has 3 rings (SSSR count). The molecule has 1 fully saturated rings. The Labute approximate surface area is 145 Å². The number of rotatable bonds is 1. The summed E-state index contributed by atoms with van der Waals surface area (Å²) < 4.78 is 0. The molecule has 0 spiro atoms. The van der Waals surface area contributed by atoms with Crippen molar-refractivity contribution < 1.29 is 9.90 Å². The summed E-state index contributed by atoms with van der Waals surface area (Å²) in [6.07, 6.45) is 4.17. The summed E-state index contributed by atoms with van der Waals surface area (Å²) in [4.78, 5) is 11.9. The zero-order valence-corrected chi connectivity index (χ0v) is 14.9. The van der Waals surface area contributed by atoms with Gasteiger partial charge >= 0.3 is 5.97 Å². The van der Waals surface area contributed by atoms with E-state index in [9.17, 15) is 9.90 Å². The Morgan fingerprint density at radius 1 is 1.23 bits per heavy atom. The van der Waals surface area contributed by atoms with Gasteiger partial charge in [0, 0.05) is 0 Å². The molecule has 0 radical (unpaired) electrons. The summed E-state index contributed by atoms with van der Waals surface area (Å²) in [5.74, 6) is -0.606. The molecule has 2 nitrogen and oxygen atoms in total. The number of carboxylic acid groups (broad SMARTS) is 1. The quantitative estimate of drug-likeness (QED) is 0.647. The van der Waals surface area contributed by atoms with Crippen LogP contribution in [0.4, 0.5) is 0 Å². The summed E-state index contributed by atoms with van der Waals surface area (Å²) in [7, 11) is 0. The SMILES string of the molecule is C[C@@]1(C(=O)O)CCC[C@]2(C)c3cc(Cl)c(Cl)c(Cl)c3CCC12. The molecule has 0 saturated heterocycles. The number of hydrogen-bond donors (Lipinski definition) is 1. The third kappa shape index (κ3) is 2.11. The minimum atomic E-state index is -0.696. The van der Waals surface area contributed by atoms with Gasteiger partial charge in [-0.1, -0.05) is 48.1 Å². The van der Waals surface area contributed by atoms with Gasteiger partial charge in [0.05, 0.1) is 20.5 Å².